The summed E-state index contributed by atoms with van der Waals surface area (Å²) in [6.45, 7) is 5.48. The number of hydrogen-bond donors (Lipinski definition) is 1. The molecule has 0 bridgehead atoms. The van der Waals surface area contributed by atoms with E-state index < -0.39 is 0 Å². The zero-order valence-corrected chi connectivity index (χ0v) is 14.4. The topological polar surface area (TPSA) is 35.4 Å². The summed E-state index contributed by atoms with van der Waals surface area (Å²) in [6.07, 6.45) is 2.55. The molecule has 3 rings (SSSR count). The van der Waals surface area contributed by atoms with Gasteiger partial charge in [0, 0.05) is 4.47 Å². The molecule has 1 fully saturated rings. The van der Waals surface area contributed by atoms with Crippen molar-refractivity contribution in [2.75, 3.05) is 13.1 Å². The first kappa shape index (κ1) is 14.9. The summed E-state index contributed by atoms with van der Waals surface area (Å²) in [7, 11) is 0. The van der Waals surface area contributed by atoms with Crippen LogP contribution in [0.3, 0.4) is 0 Å². The molecule has 0 aliphatic carbocycles. The fourth-order valence-electron chi connectivity index (χ4n) is 2.69. The fraction of sp³-hybridized carbons (Fsp3) is 0.467. The largest absolute Gasteiger partial charge is 0.409 e. The number of quaternary nitrogens is 1. The lowest BCUT2D eigenvalue weighted by Crippen LogP contribution is -3.12. The Morgan fingerprint density at radius 2 is 2.10 bits per heavy atom. The smallest absolute Gasteiger partial charge is 0.292 e. The Balaban J connectivity index is 1.79. The number of piperidine rings is 1. The Labute approximate surface area is 137 Å². The molecule has 1 aromatic carbocycles. The van der Waals surface area contributed by atoms with E-state index in [0.29, 0.717) is 10.7 Å². The van der Waals surface area contributed by atoms with Crippen molar-refractivity contribution in [1.82, 2.24) is 9.78 Å². The molecule has 6 heteroatoms. The van der Waals surface area contributed by atoms with Crippen molar-refractivity contribution < 1.29 is 9.32 Å². The molecule has 2 heterocycles. The molecule has 1 aromatic heterocycles. The van der Waals surface area contributed by atoms with Gasteiger partial charge in [-0.25, -0.2) is 0 Å². The van der Waals surface area contributed by atoms with Gasteiger partial charge in [-0.05, 0) is 59.0 Å². The quantitative estimate of drug-likeness (QED) is 0.846. The van der Waals surface area contributed by atoms with Gasteiger partial charge in [0.05, 0.1) is 18.7 Å². The van der Waals surface area contributed by atoms with E-state index in [4.69, 9.17) is 16.6 Å². The minimum absolute atomic E-state index is 0.451. The van der Waals surface area contributed by atoms with Gasteiger partial charge in [0.2, 0.25) is 5.89 Å². The first-order chi connectivity index (χ1) is 10.1. The van der Waals surface area contributed by atoms with Crippen molar-refractivity contribution in [1.29, 1.82) is 0 Å². The van der Waals surface area contributed by atoms with Gasteiger partial charge in [-0.1, -0.05) is 19.1 Å². The lowest BCUT2D eigenvalue weighted by atomic mass is 10.00. The summed E-state index contributed by atoms with van der Waals surface area (Å²) >= 11 is 8.84. The number of nitrogens with one attached hydrogen (secondary N) is 1. The van der Waals surface area contributed by atoms with E-state index in [-0.39, 0.29) is 0 Å². The van der Waals surface area contributed by atoms with Crippen LogP contribution in [-0.2, 0) is 6.67 Å². The molecule has 0 radical (unpaired) electrons. The molecule has 1 aliphatic heterocycles. The molecule has 0 unspecified atom stereocenters. The van der Waals surface area contributed by atoms with Crippen LogP contribution in [0.1, 0.15) is 19.8 Å². The van der Waals surface area contributed by atoms with Crippen molar-refractivity contribution in [3.8, 4) is 11.5 Å². The Kier molecular flexibility index (Phi) is 4.57. The highest BCUT2D eigenvalue weighted by Crippen LogP contribution is 2.26. The number of halogens is 1. The van der Waals surface area contributed by atoms with Crippen LogP contribution in [0.4, 0.5) is 0 Å². The van der Waals surface area contributed by atoms with Gasteiger partial charge >= 0.3 is 0 Å². The Morgan fingerprint density at radius 1 is 1.38 bits per heavy atom. The van der Waals surface area contributed by atoms with Gasteiger partial charge in [0.25, 0.3) is 4.84 Å². The summed E-state index contributed by atoms with van der Waals surface area (Å²) in [5.74, 6) is 1.42. The normalized spacial score (nSPS) is 22.4. The van der Waals surface area contributed by atoms with Gasteiger partial charge in [-0.3, -0.25) is 0 Å². The summed E-state index contributed by atoms with van der Waals surface area (Å²) < 4.78 is 8.45. The van der Waals surface area contributed by atoms with E-state index >= 15 is 0 Å². The third-order valence-electron chi connectivity index (χ3n) is 4.07. The van der Waals surface area contributed by atoms with E-state index in [2.05, 4.69) is 28.0 Å². The summed E-state index contributed by atoms with van der Waals surface area (Å²) in [6, 6.07) is 7.89. The predicted molar refractivity (Wildman–Crippen MR) is 87.6 cm³/mol. The van der Waals surface area contributed by atoms with Gasteiger partial charge < -0.3 is 9.32 Å². The molecule has 112 valence electrons. The van der Waals surface area contributed by atoms with Crippen LogP contribution in [0.25, 0.3) is 11.5 Å². The van der Waals surface area contributed by atoms with Gasteiger partial charge in [-0.15, -0.1) is 5.10 Å². The molecule has 2 aromatic rings. The second-order valence-corrected chi connectivity index (χ2v) is 6.95. The van der Waals surface area contributed by atoms with Crippen molar-refractivity contribution in [2.45, 2.75) is 26.4 Å². The Morgan fingerprint density at radius 3 is 2.81 bits per heavy atom. The Bertz CT molecular complexity index is 674. The van der Waals surface area contributed by atoms with Crippen LogP contribution in [0, 0.1) is 10.8 Å². The molecule has 1 saturated heterocycles. The highest BCUT2D eigenvalue weighted by atomic mass is 79.9. The van der Waals surface area contributed by atoms with E-state index in [9.17, 15) is 0 Å². The average molecular weight is 369 g/mol. The molecule has 21 heavy (non-hydrogen) atoms. The maximum Gasteiger partial charge on any atom is 0.292 e. The molecule has 0 atom stereocenters. The van der Waals surface area contributed by atoms with Gasteiger partial charge in [0.15, 0.2) is 6.67 Å². The summed E-state index contributed by atoms with van der Waals surface area (Å²) in [5.41, 5.74) is 0.935. The summed E-state index contributed by atoms with van der Waals surface area (Å²) in [4.78, 5) is 1.98. The first-order valence-electron chi connectivity index (χ1n) is 7.30. The number of benzene rings is 1. The third-order valence-corrected chi connectivity index (χ3v) is 5.05. The number of likely N-dealkylation sites (tertiary alicyclic amines) is 1. The molecular weight excluding hydrogens is 350 g/mol. The van der Waals surface area contributed by atoms with Crippen LogP contribution in [0.15, 0.2) is 33.2 Å². The monoisotopic (exact) mass is 368 g/mol. The van der Waals surface area contributed by atoms with E-state index in [1.807, 2.05) is 28.9 Å². The lowest BCUT2D eigenvalue weighted by molar-refractivity contribution is -0.929. The highest BCUT2D eigenvalue weighted by molar-refractivity contribution is 9.10. The van der Waals surface area contributed by atoms with E-state index in [0.717, 1.165) is 22.6 Å². The minimum atomic E-state index is 0.451. The van der Waals surface area contributed by atoms with Gasteiger partial charge in [-0.2, -0.15) is 4.68 Å². The van der Waals surface area contributed by atoms with Crippen LogP contribution < -0.4 is 4.90 Å². The predicted octanol–water partition coefficient (Wildman–Crippen LogP) is 2.91. The molecule has 0 spiro atoms. The molecule has 1 N–H and O–H groups in total. The minimum Gasteiger partial charge on any atom is -0.409 e. The fourth-order valence-corrected chi connectivity index (χ4v) is 3.33. The van der Waals surface area contributed by atoms with Crippen molar-refractivity contribution in [3.63, 3.8) is 0 Å². The molecule has 0 saturated carbocycles. The molecule has 0 amide bonds. The van der Waals surface area contributed by atoms with Crippen molar-refractivity contribution in [3.05, 3.63) is 33.6 Å². The number of rotatable bonds is 3. The van der Waals surface area contributed by atoms with Crippen LogP contribution in [0.5, 0.6) is 0 Å². The lowest BCUT2D eigenvalue weighted by Gasteiger charge is -2.26. The summed E-state index contributed by atoms with van der Waals surface area (Å²) in [5, 5.41) is 4.55. The molecule has 4 nitrogen and oxygen atoms in total. The third kappa shape index (κ3) is 3.44. The number of aromatic nitrogens is 2. The SMILES string of the molecule is CC1CC[NH+](Cn2nc(-c3ccccc3Br)oc2=S)CC1. The van der Waals surface area contributed by atoms with E-state index in [1.54, 1.807) is 0 Å². The zero-order chi connectivity index (χ0) is 14.8. The number of nitrogens with zero attached hydrogens (tertiary/aromatic N) is 2. The maximum absolute atomic E-state index is 5.67. The molecule has 1 aliphatic rings. The Hall–Kier alpha value is -0.980. The van der Waals surface area contributed by atoms with E-state index in [1.165, 1.54) is 30.8 Å². The van der Waals surface area contributed by atoms with Crippen molar-refractivity contribution >= 4 is 28.1 Å². The first-order valence-corrected chi connectivity index (χ1v) is 8.50. The standard InChI is InChI=1S/C15H18BrN3OS/c1-11-6-8-18(9-7-11)10-19-15(21)20-14(17-19)12-4-2-3-5-13(12)16/h2-5,11H,6-10H2,1H3/p+1. The van der Waals surface area contributed by atoms with Crippen LogP contribution in [-0.4, -0.2) is 22.9 Å². The van der Waals surface area contributed by atoms with Crippen molar-refractivity contribution in [2.24, 2.45) is 5.92 Å². The van der Waals surface area contributed by atoms with Gasteiger partial charge in [0.1, 0.15) is 0 Å². The number of hydrogen-bond acceptors (Lipinski definition) is 3. The second kappa shape index (κ2) is 6.42. The second-order valence-electron chi connectivity index (χ2n) is 5.74. The average Bonchev–Trinajstić information content (AvgIpc) is 2.83. The highest BCUT2D eigenvalue weighted by Gasteiger charge is 2.20. The van der Waals surface area contributed by atoms with Crippen LogP contribution >= 0.6 is 28.1 Å². The molecular formula is C15H19BrN3OS+. The van der Waals surface area contributed by atoms with Crippen LogP contribution in [0.2, 0.25) is 0 Å². The zero-order valence-electron chi connectivity index (χ0n) is 12.0. The maximum atomic E-state index is 5.67.